The van der Waals surface area contributed by atoms with Gasteiger partial charge in [0.15, 0.2) is 5.96 Å². The summed E-state index contributed by atoms with van der Waals surface area (Å²) in [4.78, 5) is 22.4. The van der Waals surface area contributed by atoms with Crippen molar-refractivity contribution in [3.63, 3.8) is 0 Å². The maximum absolute atomic E-state index is 12.6. The van der Waals surface area contributed by atoms with Crippen LogP contribution in [0.5, 0.6) is 0 Å². The van der Waals surface area contributed by atoms with E-state index < -0.39 is 0 Å². The normalized spacial score (nSPS) is 15.2. The first-order chi connectivity index (χ1) is 12.1. The number of rotatable bonds is 4. The SMILES string of the molecule is CCNC(=NCc1sccc1C)N1CCN(c2cnn(C)c2)C(=O)C1.I. The molecule has 1 saturated heterocycles. The number of nitrogens with zero attached hydrogens (tertiary/aromatic N) is 5. The van der Waals surface area contributed by atoms with E-state index in [9.17, 15) is 4.79 Å². The number of aliphatic imine (C=N–C) groups is 1. The zero-order valence-corrected chi connectivity index (χ0v) is 18.5. The Balaban J connectivity index is 0.00000243. The summed E-state index contributed by atoms with van der Waals surface area (Å²) in [7, 11) is 1.85. The number of guanidine groups is 1. The Kier molecular flexibility index (Phi) is 7.44. The minimum atomic E-state index is 0. The van der Waals surface area contributed by atoms with E-state index in [1.807, 2.05) is 25.1 Å². The zero-order chi connectivity index (χ0) is 17.8. The monoisotopic (exact) mass is 488 g/mol. The molecule has 0 saturated carbocycles. The van der Waals surface area contributed by atoms with Gasteiger partial charge < -0.3 is 15.1 Å². The van der Waals surface area contributed by atoms with E-state index in [-0.39, 0.29) is 29.9 Å². The third-order valence-corrected chi connectivity index (χ3v) is 5.21. The quantitative estimate of drug-likeness (QED) is 0.408. The molecule has 2 aromatic rings. The average Bonchev–Trinajstić information content (AvgIpc) is 3.20. The van der Waals surface area contributed by atoms with Crippen molar-refractivity contribution in [2.45, 2.75) is 20.4 Å². The van der Waals surface area contributed by atoms with Crippen LogP contribution in [0.15, 0.2) is 28.8 Å². The van der Waals surface area contributed by atoms with Gasteiger partial charge in [-0.2, -0.15) is 5.10 Å². The van der Waals surface area contributed by atoms with E-state index in [1.54, 1.807) is 27.1 Å². The van der Waals surface area contributed by atoms with Crippen LogP contribution in [0.25, 0.3) is 0 Å². The predicted molar refractivity (Wildman–Crippen MR) is 116 cm³/mol. The molecule has 0 aromatic carbocycles. The molecule has 1 aliphatic heterocycles. The summed E-state index contributed by atoms with van der Waals surface area (Å²) in [6.07, 6.45) is 3.60. The number of carbonyl (C=O) groups excluding carboxylic acids is 1. The van der Waals surface area contributed by atoms with Crippen LogP contribution in [0.1, 0.15) is 17.4 Å². The lowest BCUT2D eigenvalue weighted by molar-refractivity contribution is -0.120. The van der Waals surface area contributed by atoms with Crippen molar-refractivity contribution in [3.8, 4) is 0 Å². The molecule has 0 aliphatic carbocycles. The van der Waals surface area contributed by atoms with Crippen LogP contribution in [0.4, 0.5) is 5.69 Å². The van der Waals surface area contributed by atoms with Crippen LogP contribution < -0.4 is 10.2 Å². The van der Waals surface area contributed by atoms with Crippen LogP contribution >= 0.6 is 35.3 Å². The number of piperazine rings is 1. The van der Waals surface area contributed by atoms with Gasteiger partial charge in [0.1, 0.15) is 6.54 Å². The largest absolute Gasteiger partial charge is 0.356 e. The van der Waals surface area contributed by atoms with Gasteiger partial charge in [-0.1, -0.05) is 0 Å². The molecule has 1 fully saturated rings. The van der Waals surface area contributed by atoms with E-state index in [1.165, 1.54) is 10.4 Å². The molecular weight excluding hydrogens is 463 g/mol. The smallest absolute Gasteiger partial charge is 0.246 e. The van der Waals surface area contributed by atoms with Crippen LogP contribution in [-0.2, 0) is 18.4 Å². The van der Waals surface area contributed by atoms with Gasteiger partial charge >= 0.3 is 0 Å². The van der Waals surface area contributed by atoms with Gasteiger partial charge in [-0.3, -0.25) is 9.48 Å². The molecule has 0 bridgehead atoms. The van der Waals surface area contributed by atoms with E-state index >= 15 is 0 Å². The third-order valence-electron chi connectivity index (χ3n) is 4.20. The number of aryl methyl sites for hydroxylation is 2. The van der Waals surface area contributed by atoms with Crippen molar-refractivity contribution < 1.29 is 4.79 Å². The summed E-state index contributed by atoms with van der Waals surface area (Å²) in [5.74, 6) is 0.867. The summed E-state index contributed by atoms with van der Waals surface area (Å²) in [5, 5.41) is 9.54. The molecule has 0 radical (unpaired) electrons. The molecule has 1 N–H and O–H groups in total. The second kappa shape index (κ2) is 9.36. The number of anilines is 1. The van der Waals surface area contributed by atoms with E-state index in [2.05, 4.69) is 28.8 Å². The van der Waals surface area contributed by atoms with Crippen molar-refractivity contribution >= 4 is 52.9 Å². The summed E-state index contributed by atoms with van der Waals surface area (Å²) >= 11 is 1.72. The average molecular weight is 488 g/mol. The van der Waals surface area contributed by atoms with Crippen molar-refractivity contribution in [2.75, 3.05) is 31.1 Å². The highest BCUT2D eigenvalue weighted by atomic mass is 127. The highest BCUT2D eigenvalue weighted by Crippen LogP contribution is 2.18. The second-order valence-electron chi connectivity index (χ2n) is 6.04. The van der Waals surface area contributed by atoms with Gasteiger partial charge in [-0.05, 0) is 30.9 Å². The van der Waals surface area contributed by atoms with Crippen molar-refractivity contribution in [1.29, 1.82) is 0 Å². The number of amides is 1. The summed E-state index contributed by atoms with van der Waals surface area (Å²) in [6, 6.07) is 2.11. The maximum Gasteiger partial charge on any atom is 0.246 e. The van der Waals surface area contributed by atoms with E-state index in [4.69, 9.17) is 4.99 Å². The fraction of sp³-hybridized carbons (Fsp3) is 0.471. The first-order valence-corrected chi connectivity index (χ1v) is 9.31. The fourth-order valence-electron chi connectivity index (χ4n) is 2.81. The minimum Gasteiger partial charge on any atom is -0.356 e. The maximum atomic E-state index is 12.6. The molecule has 7 nitrogen and oxygen atoms in total. The van der Waals surface area contributed by atoms with Gasteiger partial charge in [0, 0.05) is 37.8 Å². The molecule has 0 atom stereocenters. The number of nitrogens with one attached hydrogen (secondary N) is 1. The summed E-state index contributed by atoms with van der Waals surface area (Å²) in [6.45, 7) is 7.26. The Labute approximate surface area is 175 Å². The number of aromatic nitrogens is 2. The second-order valence-corrected chi connectivity index (χ2v) is 7.04. The highest BCUT2D eigenvalue weighted by molar-refractivity contribution is 14.0. The minimum absolute atomic E-state index is 0. The molecule has 0 unspecified atom stereocenters. The number of carbonyl (C=O) groups is 1. The Hall–Kier alpha value is -1.62. The summed E-state index contributed by atoms with van der Waals surface area (Å²) < 4.78 is 1.71. The van der Waals surface area contributed by atoms with Crippen LogP contribution in [-0.4, -0.2) is 52.7 Å². The summed E-state index contributed by atoms with van der Waals surface area (Å²) in [5.41, 5.74) is 2.12. The van der Waals surface area contributed by atoms with Crippen molar-refractivity contribution in [2.24, 2.45) is 12.0 Å². The third kappa shape index (κ3) is 4.76. The van der Waals surface area contributed by atoms with Crippen molar-refractivity contribution in [3.05, 3.63) is 34.3 Å². The Bertz CT molecular complexity index is 771. The van der Waals surface area contributed by atoms with Gasteiger partial charge in [0.05, 0.1) is 18.4 Å². The van der Waals surface area contributed by atoms with Gasteiger partial charge in [0.25, 0.3) is 0 Å². The molecule has 0 spiro atoms. The molecule has 3 rings (SSSR count). The van der Waals surface area contributed by atoms with E-state index in [0.29, 0.717) is 19.6 Å². The number of thiophene rings is 1. The van der Waals surface area contributed by atoms with Gasteiger partial charge in [-0.25, -0.2) is 4.99 Å². The molecule has 1 aliphatic rings. The standard InChI is InChI=1S/C17H24N6OS.HI/c1-4-18-17(19-10-15-13(2)5-8-25-15)22-6-7-23(16(24)12-22)14-9-20-21(3)11-14;/h5,8-9,11H,4,6-7,10,12H2,1-3H3,(H,18,19);1H. The van der Waals surface area contributed by atoms with Crippen LogP contribution in [0.3, 0.4) is 0 Å². The Morgan fingerprint density at radius 3 is 2.81 bits per heavy atom. The highest BCUT2D eigenvalue weighted by Gasteiger charge is 2.27. The van der Waals surface area contributed by atoms with Crippen LogP contribution in [0.2, 0.25) is 0 Å². The molecular formula is C17H25IN6OS. The lowest BCUT2D eigenvalue weighted by Crippen LogP contribution is -2.55. The Morgan fingerprint density at radius 2 is 2.23 bits per heavy atom. The number of hydrogen-bond donors (Lipinski definition) is 1. The lowest BCUT2D eigenvalue weighted by atomic mass is 10.3. The van der Waals surface area contributed by atoms with Gasteiger partial charge in [-0.15, -0.1) is 35.3 Å². The number of hydrogen-bond acceptors (Lipinski definition) is 4. The van der Waals surface area contributed by atoms with E-state index in [0.717, 1.165) is 24.7 Å². The van der Waals surface area contributed by atoms with Crippen LogP contribution in [0, 0.1) is 6.92 Å². The molecule has 1 amide bonds. The Morgan fingerprint density at radius 1 is 1.42 bits per heavy atom. The molecule has 9 heteroatoms. The molecule has 3 heterocycles. The topological polar surface area (TPSA) is 65.8 Å². The lowest BCUT2D eigenvalue weighted by Gasteiger charge is -2.35. The first kappa shape index (κ1) is 20.7. The zero-order valence-electron chi connectivity index (χ0n) is 15.3. The first-order valence-electron chi connectivity index (χ1n) is 8.43. The fourth-order valence-corrected chi connectivity index (χ4v) is 3.64. The van der Waals surface area contributed by atoms with Crippen molar-refractivity contribution in [1.82, 2.24) is 20.0 Å². The molecule has 2 aromatic heterocycles. The molecule has 26 heavy (non-hydrogen) atoms. The number of halogens is 1. The van der Waals surface area contributed by atoms with Gasteiger partial charge in [0.2, 0.25) is 5.91 Å². The predicted octanol–water partition coefficient (Wildman–Crippen LogP) is 2.22. The molecule has 142 valence electrons.